The molecule has 0 saturated heterocycles. The fourth-order valence-corrected chi connectivity index (χ4v) is 2.04. The Balaban J connectivity index is 1.97. The van der Waals surface area contributed by atoms with E-state index in [4.69, 9.17) is 4.42 Å². The molecule has 1 aromatic heterocycles. The van der Waals surface area contributed by atoms with Crippen LogP contribution in [-0.4, -0.2) is 15.7 Å². The second kappa shape index (κ2) is 5.84. The van der Waals surface area contributed by atoms with E-state index in [9.17, 15) is 0 Å². The molecule has 2 rings (SSSR count). The first-order valence-corrected chi connectivity index (χ1v) is 7.02. The minimum absolute atomic E-state index is 0.0406. The summed E-state index contributed by atoms with van der Waals surface area (Å²) >= 11 is 3.45. The molecule has 0 radical (unpaired) electrons. The average molecular weight is 324 g/mol. The molecule has 0 saturated carbocycles. The smallest absolute Gasteiger partial charge is 0.230 e. The third-order valence-corrected chi connectivity index (χ3v) is 3.02. The molecule has 1 aromatic carbocycles. The van der Waals surface area contributed by atoms with Crippen molar-refractivity contribution in [1.29, 1.82) is 0 Å². The van der Waals surface area contributed by atoms with Gasteiger partial charge in [0.25, 0.3) is 0 Å². The lowest BCUT2D eigenvalue weighted by Crippen LogP contribution is -2.35. The fourth-order valence-electron chi connectivity index (χ4n) is 1.59. The summed E-state index contributed by atoms with van der Waals surface area (Å²) in [6, 6.07) is 8.09. The summed E-state index contributed by atoms with van der Waals surface area (Å²) in [5, 5.41) is 11.4. The van der Waals surface area contributed by atoms with Crippen molar-refractivity contribution in [2.45, 2.75) is 39.3 Å². The predicted molar refractivity (Wildman–Crippen MR) is 77.8 cm³/mol. The topological polar surface area (TPSA) is 51.0 Å². The van der Waals surface area contributed by atoms with Crippen molar-refractivity contribution in [2.75, 3.05) is 0 Å². The average Bonchev–Trinajstić information content (AvgIpc) is 2.73. The molecule has 19 heavy (non-hydrogen) atoms. The molecular weight excluding hydrogens is 306 g/mol. The Labute approximate surface area is 121 Å². The van der Waals surface area contributed by atoms with Gasteiger partial charge in [-0.2, -0.15) is 0 Å². The molecule has 1 N–H and O–H groups in total. The molecule has 0 amide bonds. The highest BCUT2D eigenvalue weighted by atomic mass is 79.9. The Kier molecular flexibility index (Phi) is 4.37. The normalized spacial score (nSPS) is 11.8. The van der Waals surface area contributed by atoms with Crippen LogP contribution in [0.1, 0.15) is 38.1 Å². The number of aromatic nitrogens is 2. The van der Waals surface area contributed by atoms with Crippen molar-refractivity contribution >= 4 is 15.9 Å². The molecule has 0 bridgehead atoms. The van der Waals surface area contributed by atoms with E-state index in [2.05, 4.69) is 58.3 Å². The van der Waals surface area contributed by atoms with Gasteiger partial charge in [0.2, 0.25) is 11.8 Å². The van der Waals surface area contributed by atoms with E-state index in [-0.39, 0.29) is 5.54 Å². The van der Waals surface area contributed by atoms with E-state index in [0.717, 1.165) is 10.0 Å². The first-order valence-electron chi connectivity index (χ1n) is 6.23. The molecule has 0 aliphatic heterocycles. The Bertz CT molecular complexity index is 546. The molecular formula is C14H18BrN3O. The van der Waals surface area contributed by atoms with Gasteiger partial charge < -0.3 is 9.73 Å². The highest BCUT2D eigenvalue weighted by Gasteiger charge is 2.12. The van der Waals surface area contributed by atoms with Crippen LogP contribution in [0.3, 0.4) is 0 Å². The summed E-state index contributed by atoms with van der Waals surface area (Å²) in [6.07, 6.45) is 0.655. The second-order valence-electron chi connectivity index (χ2n) is 5.50. The summed E-state index contributed by atoms with van der Waals surface area (Å²) in [6.45, 7) is 6.90. The summed E-state index contributed by atoms with van der Waals surface area (Å²) in [4.78, 5) is 0. The van der Waals surface area contributed by atoms with Crippen LogP contribution in [0.15, 0.2) is 33.2 Å². The molecule has 2 aromatic rings. The van der Waals surface area contributed by atoms with Crippen LogP contribution in [-0.2, 0) is 13.0 Å². The molecule has 0 spiro atoms. The van der Waals surface area contributed by atoms with Gasteiger partial charge in [-0.15, -0.1) is 10.2 Å². The first kappa shape index (κ1) is 14.2. The fraction of sp³-hybridized carbons (Fsp3) is 0.429. The quantitative estimate of drug-likeness (QED) is 0.937. The number of halogens is 1. The minimum Gasteiger partial charge on any atom is -0.424 e. The molecule has 0 aliphatic rings. The van der Waals surface area contributed by atoms with Crippen molar-refractivity contribution in [3.8, 4) is 0 Å². The summed E-state index contributed by atoms with van der Waals surface area (Å²) in [5.74, 6) is 1.27. The zero-order chi connectivity index (χ0) is 13.9. The highest BCUT2D eigenvalue weighted by molar-refractivity contribution is 9.10. The standard InChI is InChI=1S/C14H18BrN3O/c1-14(2,3)16-9-13-18-17-12(19-13)8-10-5-4-6-11(15)7-10/h4-7,16H,8-9H2,1-3H3. The molecule has 0 fully saturated rings. The number of rotatable bonds is 4. The van der Waals surface area contributed by atoms with Crippen molar-refractivity contribution in [3.63, 3.8) is 0 Å². The molecule has 0 unspecified atom stereocenters. The van der Waals surface area contributed by atoms with Crippen LogP contribution in [0, 0.1) is 0 Å². The predicted octanol–water partition coefficient (Wildman–Crippen LogP) is 3.31. The maximum Gasteiger partial charge on any atom is 0.230 e. The lowest BCUT2D eigenvalue weighted by Gasteiger charge is -2.18. The van der Waals surface area contributed by atoms with Crippen LogP contribution in [0.25, 0.3) is 0 Å². The van der Waals surface area contributed by atoms with E-state index in [1.54, 1.807) is 0 Å². The Hall–Kier alpha value is -1.20. The zero-order valence-corrected chi connectivity index (χ0v) is 13.0. The van der Waals surface area contributed by atoms with E-state index in [1.807, 2.05) is 18.2 Å². The van der Waals surface area contributed by atoms with E-state index in [1.165, 1.54) is 0 Å². The zero-order valence-electron chi connectivity index (χ0n) is 11.4. The van der Waals surface area contributed by atoms with Gasteiger partial charge in [-0.1, -0.05) is 28.1 Å². The molecule has 4 nitrogen and oxygen atoms in total. The summed E-state index contributed by atoms with van der Waals surface area (Å²) < 4.78 is 6.68. The van der Waals surface area contributed by atoms with Gasteiger partial charge in [-0.25, -0.2) is 0 Å². The van der Waals surface area contributed by atoms with Gasteiger partial charge in [0.05, 0.1) is 13.0 Å². The van der Waals surface area contributed by atoms with Crippen molar-refractivity contribution < 1.29 is 4.42 Å². The number of hydrogen-bond acceptors (Lipinski definition) is 4. The Morgan fingerprint density at radius 3 is 2.63 bits per heavy atom. The molecule has 1 heterocycles. The van der Waals surface area contributed by atoms with E-state index >= 15 is 0 Å². The lowest BCUT2D eigenvalue weighted by molar-refractivity contribution is 0.373. The van der Waals surface area contributed by atoms with Gasteiger partial charge in [0.15, 0.2) is 0 Å². The maximum atomic E-state index is 5.62. The second-order valence-corrected chi connectivity index (χ2v) is 6.42. The van der Waals surface area contributed by atoms with Crippen LogP contribution in [0.4, 0.5) is 0 Å². The largest absolute Gasteiger partial charge is 0.424 e. The van der Waals surface area contributed by atoms with Crippen molar-refractivity contribution in [2.24, 2.45) is 0 Å². The van der Waals surface area contributed by atoms with E-state index in [0.29, 0.717) is 24.7 Å². The highest BCUT2D eigenvalue weighted by Crippen LogP contribution is 2.15. The number of nitrogens with one attached hydrogen (secondary N) is 1. The van der Waals surface area contributed by atoms with Gasteiger partial charge in [-0.3, -0.25) is 0 Å². The summed E-state index contributed by atoms with van der Waals surface area (Å²) in [7, 11) is 0. The van der Waals surface area contributed by atoms with E-state index < -0.39 is 0 Å². The number of benzene rings is 1. The maximum absolute atomic E-state index is 5.62. The van der Waals surface area contributed by atoms with Gasteiger partial charge in [0.1, 0.15) is 0 Å². The SMILES string of the molecule is CC(C)(C)NCc1nnc(Cc2cccc(Br)c2)o1. The number of hydrogen-bond donors (Lipinski definition) is 1. The van der Waals surface area contributed by atoms with Crippen molar-refractivity contribution in [3.05, 3.63) is 46.1 Å². The third-order valence-electron chi connectivity index (χ3n) is 2.52. The summed E-state index contributed by atoms with van der Waals surface area (Å²) in [5.41, 5.74) is 1.19. The number of nitrogens with zero attached hydrogens (tertiary/aromatic N) is 2. The first-order chi connectivity index (χ1) is 8.92. The van der Waals surface area contributed by atoms with Crippen LogP contribution in [0.2, 0.25) is 0 Å². The molecule has 102 valence electrons. The molecule has 5 heteroatoms. The van der Waals surface area contributed by atoms with Gasteiger partial charge in [0, 0.05) is 10.0 Å². The Morgan fingerprint density at radius 2 is 1.95 bits per heavy atom. The van der Waals surface area contributed by atoms with Crippen LogP contribution < -0.4 is 5.32 Å². The lowest BCUT2D eigenvalue weighted by atomic mass is 10.1. The van der Waals surface area contributed by atoms with Crippen LogP contribution in [0.5, 0.6) is 0 Å². The molecule has 0 aliphatic carbocycles. The monoisotopic (exact) mass is 323 g/mol. The Morgan fingerprint density at radius 1 is 1.21 bits per heavy atom. The van der Waals surface area contributed by atoms with Crippen molar-refractivity contribution in [1.82, 2.24) is 15.5 Å². The molecule has 0 atom stereocenters. The van der Waals surface area contributed by atoms with Gasteiger partial charge >= 0.3 is 0 Å². The minimum atomic E-state index is 0.0406. The van der Waals surface area contributed by atoms with Gasteiger partial charge in [-0.05, 0) is 38.5 Å². The van der Waals surface area contributed by atoms with Crippen LogP contribution >= 0.6 is 15.9 Å². The third kappa shape index (κ3) is 4.76.